The highest BCUT2D eigenvalue weighted by atomic mass is 32.1. The Kier molecular flexibility index (Phi) is 5.73. The molecule has 0 N–H and O–H groups in total. The monoisotopic (exact) mass is 338 g/mol. The first-order valence-electron chi connectivity index (χ1n) is 8.36. The minimum absolute atomic E-state index is 0.349. The summed E-state index contributed by atoms with van der Waals surface area (Å²) in [4.78, 5) is 11.3. The lowest BCUT2D eigenvalue weighted by atomic mass is 10.1. The van der Waals surface area contributed by atoms with Crippen molar-refractivity contribution in [2.45, 2.75) is 38.8 Å². The van der Waals surface area contributed by atoms with Crippen LogP contribution in [-0.2, 0) is 13.1 Å². The zero-order valence-corrected chi connectivity index (χ0v) is 14.8. The summed E-state index contributed by atoms with van der Waals surface area (Å²) in [5, 5.41) is 12.1. The maximum atomic E-state index is 9.28. The summed E-state index contributed by atoms with van der Waals surface area (Å²) < 4.78 is 0. The molecule has 5 heteroatoms. The van der Waals surface area contributed by atoms with Crippen molar-refractivity contribution in [3.63, 3.8) is 0 Å². The maximum Gasteiger partial charge on any atom is 0.133 e. The smallest absolute Gasteiger partial charge is 0.133 e. The first-order valence-corrected chi connectivity index (χ1v) is 9.24. The number of likely N-dealkylation sites (tertiary alicyclic amines) is 1. The fraction of sp³-hybridized carbons (Fsp3) is 0.421. The van der Waals surface area contributed by atoms with Crippen molar-refractivity contribution in [3.8, 4) is 6.07 Å². The summed E-state index contributed by atoms with van der Waals surface area (Å²) in [5.41, 5.74) is 3.48. The number of thiazole rings is 1. The van der Waals surface area contributed by atoms with Gasteiger partial charge in [-0.1, -0.05) is 24.3 Å². The van der Waals surface area contributed by atoms with E-state index in [-0.39, 0.29) is 5.92 Å². The van der Waals surface area contributed by atoms with Gasteiger partial charge in [-0.15, -0.1) is 11.3 Å². The molecule has 1 aliphatic rings. The van der Waals surface area contributed by atoms with Crippen LogP contribution < -0.4 is 0 Å². The molecule has 0 unspecified atom stereocenters. The number of aromatic nitrogens is 1. The Balaban J connectivity index is 1.54. The molecule has 1 aliphatic heterocycles. The summed E-state index contributed by atoms with van der Waals surface area (Å²) in [7, 11) is 0. The molecule has 2 aromatic rings. The molecule has 3 rings (SSSR count). The van der Waals surface area contributed by atoms with E-state index in [1.807, 2.05) is 12.3 Å². The van der Waals surface area contributed by atoms with Crippen LogP contribution in [0, 0.1) is 18.3 Å². The number of rotatable bonds is 6. The highest BCUT2D eigenvalue weighted by Gasteiger charge is 2.12. The lowest BCUT2D eigenvalue weighted by Crippen LogP contribution is -2.18. The molecule has 0 aliphatic carbocycles. The fourth-order valence-electron chi connectivity index (χ4n) is 2.88. The molecule has 1 saturated heterocycles. The molecule has 1 fully saturated rings. The number of hydrogen-bond donors (Lipinski definition) is 0. The highest BCUT2D eigenvalue weighted by molar-refractivity contribution is 7.09. The molecule has 0 amide bonds. The van der Waals surface area contributed by atoms with Crippen LogP contribution in [0.4, 0.5) is 0 Å². The second-order valence-corrected chi connectivity index (χ2v) is 7.11. The molecule has 1 atom stereocenters. The number of nitrogens with zero attached hydrogens (tertiary/aromatic N) is 4. The van der Waals surface area contributed by atoms with Crippen LogP contribution in [0.25, 0.3) is 0 Å². The van der Waals surface area contributed by atoms with Crippen molar-refractivity contribution in [1.82, 2.24) is 9.88 Å². The minimum Gasteiger partial charge on any atom is -0.299 e. The second kappa shape index (κ2) is 8.18. The van der Waals surface area contributed by atoms with E-state index in [9.17, 15) is 5.26 Å². The number of aryl methyl sites for hydroxylation is 1. The summed E-state index contributed by atoms with van der Waals surface area (Å²) in [6.07, 6.45) is 4.37. The van der Waals surface area contributed by atoms with Crippen molar-refractivity contribution in [1.29, 1.82) is 5.26 Å². The van der Waals surface area contributed by atoms with Gasteiger partial charge in [0.2, 0.25) is 0 Å². The summed E-state index contributed by atoms with van der Waals surface area (Å²) in [5.74, 6) is -0.349. The predicted molar refractivity (Wildman–Crippen MR) is 98.4 cm³/mol. The molecule has 1 aromatic heterocycles. The second-order valence-electron chi connectivity index (χ2n) is 6.22. The predicted octanol–water partition coefficient (Wildman–Crippen LogP) is 3.93. The largest absolute Gasteiger partial charge is 0.299 e. The van der Waals surface area contributed by atoms with Gasteiger partial charge >= 0.3 is 0 Å². The van der Waals surface area contributed by atoms with E-state index in [0.29, 0.717) is 6.54 Å². The van der Waals surface area contributed by atoms with Gasteiger partial charge in [-0.3, -0.25) is 9.89 Å². The topological polar surface area (TPSA) is 52.3 Å². The van der Waals surface area contributed by atoms with Crippen molar-refractivity contribution in [2.75, 3.05) is 13.1 Å². The lowest BCUT2D eigenvalue weighted by molar-refractivity contribution is 0.331. The van der Waals surface area contributed by atoms with Crippen molar-refractivity contribution >= 4 is 17.6 Å². The average molecular weight is 338 g/mol. The Morgan fingerprint density at radius 1 is 1.29 bits per heavy atom. The number of benzene rings is 1. The van der Waals surface area contributed by atoms with Gasteiger partial charge in [0.25, 0.3) is 0 Å². The van der Waals surface area contributed by atoms with E-state index in [1.165, 1.54) is 48.4 Å². The van der Waals surface area contributed by atoms with Gasteiger partial charge in [-0.2, -0.15) is 5.26 Å². The van der Waals surface area contributed by atoms with Gasteiger partial charge in [-0.05, 0) is 44.0 Å². The normalized spacial score (nSPS) is 16.5. The summed E-state index contributed by atoms with van der Waals surface area (Å²) in [6.45, 7) is 6.03. The molecule has 24 heavy (non-hydrogen) atoms. The fourth-order valence-corrected chi connectivity index (χ4v) is 3.68. The van der Waals surface area contributed by atoms with Crippen molar-refractivity contribution in [3.05, 3.63) is 51.5 Å². The van der Waals surface area contributed by atoms with E-state index in [0.717, 1.165) is 17.2 Å². The Morgan fingerprint density at radius 3 is 2.62 bits per heavy atom. The van der Waals surface area contributed by atoms with Gasteiger partial charge < -0.3 is 0 Å². The Bertz CT molecular complexity index is 721. The van der Waals surface area contributed by atoms with Crippen LogP contribution in [0.3, 0.4) is 0 Å². The highest BCUT2D eigenvalue weighted by Crippen LogP contribution is 2.18. The zero-order valence-electron chi connectivity index (χ0n) is 14.0. The van der Waals surface area contributed by atoms with Crippen LogP contribution in [0.2, 0.25) is 0 Å². The van der Waals surface area contributed by atoms with E-state index in [1.54, 1.807) is 6.21 Å². The molecular weight excluding hydrogens is 316 g/mol. The van der Waals surface area contributed by atoms with Crippen molar-refractivity contribution < 1.29 is 0 Å². The standard InChI is InChI=1S/C19H22N4S/c1-15-14-24-19(22-15)18(10-20)12-21-11-16-4-6-17(7-5-16)13-23-8-2-3-9-23/h4-7,12,14,18H,2-3,8-9,11,13H2,1H3/t18-/m0/s1. The van der Waals surface area contributed by atoms with Crippen LogP contribution in [0.15, 0.2) is 34.6 Å². The molecule has 4 nitrogen and oxygen atoms in total. The van der Waals surface area contributed by atoms with Gasteiger partial charge in [0.15, 0.2) is 0 Å². The maximum absolute atomic E-state index is 9.28. The Morgan fingerprint density at radius 2 is 2.00 bits per heavy atom. The number of nitriles is 1. The quantitative estimate of drug-likeness (QED) is 0.750. The van der Waals surface area contributed by atoms with Crippen LogP contribution in [0.1, 0.15) is 40.6 Å². The summed E-state index contributed by atoms with van der Waals surface area (Å²) in [6, 6.07) is 10.9. The third kappa shape index (κ3) is 4.50. The molecule has 0 bridgehead atoms. The average Bonchev–Trinajstić information content (AvgIpc) is 3.25. The molecule has 0 saturated carbocycles. The van der Waals surface area contributed by atoms with E-state index < -0.39 is 0 Å². The SMILES string of the molecule is Cc1csc([C@@H](C#N)C=NCc2ccc(CN3CCCC3)cc2)n1. The van der Waals surface area contributed by atoms with Gasteiger partial charge in [0.1, 0.15) is 10.9 Å². The lowest BCUT2D eigenvalue weighted by Gasteiger charge is -2.14. The van der Waals surface area contributed by atoms with Crippen molar-refractivity contribution in [2.24, 2.45) is 4.99 Å². The Labute approximate surface area is 147 Å². The van der Waals surface area contributed by atoms with E-state index in [2.05, 4.69) is 45.2 Å². The number of aliphatic imine (C=N–C) groups is 1. The van der Waals surface area contributed by atoms with Gasteiger partial charge in [0, 0.05) is 23.8 Å². The van der Waals surface area contributed by atoms with Crippen LogP contribution in [-0.4, -0.2) is 29.2 Å². The van der Waals surface area contributed by atoms with E-state index >= 15 is 0 Å². The zero-order chi connectivity index (χ0) is 16.8. The molecule has 0 radical (unpaired) electrons. The van der Waals surface area contributed by atoms with Crippen LogP contribution in [0.5, 0.6) is 0 Å². The van der Waals surface area contributed by atoms with E-state index in [4.69, 9.17) is 0 Å². The Hall–Kier alpha value is -2.03. The molecule has 1 aromatic carbocycles. The minimum atomic E-state index is -0.349. The number of hydrogen-bond acceptors (Lipinski definition) is 5. The van der Waals surface area contributed by atoms with Gasteiger partial charge in [0.05, 0.1) is 12.6 Å². The molecule has 2 heterocycles. The molecular formula is C19H22N4S. The molecule has 124 valence electrons. The first-order chi connectivity index (χ1) is 11.7. The molecule has 0 spiro atoms. The first kappa shape index (κ1) is 16.8. The summed E-state index contributed by atoms with van der Waals surface area (Å²) >= 11 is 1.52. The third-order valence-electron chi connectivity index (χ3n) is 4.20. The van der Waals surface area contributed by atoms with Gasteiger partial charge in [-0.25, -0.2) is 4.98 Å². The van der Waals surface area contributed by atoms with Crippen LogP contribution >= 0.6 is 11.3 Å². The third-order valence-corrected chi connectivity index (χ3v) is 5.24.